The molecule has 1 aromatic carbocycles. The molecule has 2 rings (SSSR count). The standard InChI is InChI=1S/C12H11F2NO2/c1-15-6-7-4-8(16)5-10-9(7)2-3-11(17)12(10,13)14/h2-5,15-16H,6H2,1H3. The van der Waals surface area contributed by atoms with E-state index in [-0.39, 0.29) is 5.75 Å². The number of aromatic hydroxyl groups is 1. The van der Waals surface area contributed by atoms with Crippen molar-refractivity contribution in [2.24, 2.45) is 0 Å². The summed E-state index contributed by atoms with van der Waals surface area (Å²) in [5, 5.41) is 12.2. The number of carbonyl (C=O) groups is 1. The number of ketones is 1. The maximum Gasteiger partial charge on any atom is 0.335 e. The predicted molar refractivity (Wildman–Crippen MR) is 58.8 cm³/mol. The van der Waals surface area contributed by atoms with Gasteiger partial charge in [0.25, 0.3) is 0 Å². The summed E-state index contributed by atoms with van der Waals surface area (Å²) in [5.41, 5.74) is 0.392. The fourth-order valence-corrected chi connectivity index (χ4v) is 1.89. The van der Waals surface area contributed by atoms with Crippen LogP contribution in [0.3, 0.4) is 0 Å². The number of hydrogen-bond acceptors (Lipinski definition) is 3. The Morgan fingerprint density at radius 3 is 2.71 bits per heavy atom. The van der Waals surface area contributed by atoms with Crippen LogP contribution in [0.4, 0.5) is 8.78 Å². The highest BCUT2D eigenvalue weighted by Gasteiger charge is 2.43. The lowest BCUT2D eigenvalue weighted by Gasteiger charge is -2.22. The van der Waals surface area contributed by atoms with Crippen LogP contribution in [0.5, 0.6) is 5.75 Å². The fourth-order valence-electron chi connectivity index (χ4n) is 1.89. The molecule has 5 heteroatoms. The van der Waals surface area contributed by atoms with Crippen LogP contribution in [0.2, 0.25) is 0 Å². The number of carbonyl (C=O) groups excluding carboxylic acids is 1. The van der Waals surface area contributed by atoms with Crippen molar-refractivity contribution in [3.8, 4) is 5.75 Å². The van der Waals surface area contributed by atoms with Gasteiger partial charge in [0.1, 0.15) is 5.75 Å². The van der Waals surface area contributed by atoms with Gasteiger partial charge < -0.3 is 10.4 Å². The molecule has 0 amide bonds. The first-order valence-electron chi connectivity index (χ1n) is 5.08. The highest BCUT2D eigenvalue weighted by Crippen LogP contribution is 2.39. The fraction of sp³-hybridized carbons (Fsp3) is 0.250. The van der Waals surface area contributed by atoms with Crippen molar-refractivity contribution in [1.29, 1.82) is 0 Å². The number of benzene rings is 1. The topological polar surface area (TPSA) is 49.3 Å². The Labute approximate surface area is 96.8 Å². The molecule has 0 atom stereocenters. The number of halogens is 2. The summed E-state index contributed by atoms with van der Waals surface area (Å²) in [6.45, 7) is 0.339. The minimum Gasteiger partial charge on any atom is -0.508 e. The molecule has 0 aromatic heterocycles. The van der Waals surface area contributed by atoms with Gasteiger partial charge >= 0.3 is 5.92 Å². The van der Waals surface area contributed by atoms with E-state index < -0.39 is 17.3 Å². The van der Waals surface area contributed by atoms with E-state index in [2.05, 4.69) is 5.32 Å². The van der Waals surface area contributed by atoms with Gasteiger partial charge in [-0.2, -0.15) is 8.78 Å². The average Bonchev–Trinajstić information content (AvgIpc) is 2.25. The van der Waals surface area contributed by atoms with Crippen molar-refractivity contribution in [3.05, 3.63) is 34.9 Å². The van der Waals surface area contributed by atoms with Gasteiger partial charge in [-0.25, -0.2) is 0 Å². The van der Waals surface area contributed by atoms with Gasteiger partial charge in [-0.15, -0.1) is 0 Å². The zero-order chi connectivity index (χ0) is 12.6. The molecule has 0 radical (unpaired) electrons. The lowest BCUT2D eigenvalue weighted by molar-refractivity contribution is -0.139. The summed E-state index contributed by atoms with van der Waals surface area (Å²) < 4.78 is 27.3. The lowest BCUT2D eigenvalue weighted by Crippen LogP contribution is -2.28. The van der Waals surface area contributed by atoms with E-state index in [0.29, 0.717) is 17.7 Å². The highest BCUT2D eigenvalue weighted by atomic mass is 19.3. The number of hydrogen-bond donors (Lipinski definition) is 2. The Balaban J connectivity index is 2.67. The lowest BCUT2D eigenvalue weighted by atomic mass is 9.89. The summed E-state index contributed by atoms with van der Waals surface area (Å²) in [5.74, 6) is -5.09. The Hall–Kier alpha value is -1.75. The van der Waals surface area contributed by atoms with E-state index in [1.54, 1.807) is 7.05 Å². The third-order valence-corrected chi connectivity index (χ3v) is 2.67. The smallest absolute Gasteiger partial charge is 0.335 e. The summed E-state index contributed by atoms with van der Waals surface area (Å²) in [6.07, 6.45) is 2.24. The van der Waals surface area contributed by atoms with Gasteiger partial charge in [0.2, 0.25) is 5.78 Å². The molecule has 0 spiro atoms. The van der Waals surface area contributed by atoms with Crippen LogP contribution in [0.15, 0.2) is 18.2 Å². The summed E-state index contributed by atoms with van der Waals surface area (Å²) >= 11 is 0. The van der Waals surface area contributed by atoms with E-state index in [0.717, 1.165) is 12.1 Å². The SMILES string of the molecule is CNCc1cc(O)cc2c1C=CC(=O)C2(F)F. The molecule has 0 fully saturated rings. The first-order chi connectivity index (χ1) is 7.96. The number of rotatable bonds is 2. The molecule has 1 aliphatic rings. The van der Waals surface area contributed by atoms with Crippen molar-refractivity contribution in [2.75, 3.05) is 7.05 Å². The number of nitrogens with one attached hydrogen (secondary N) is 1. The molecule has 0 saturated heterocycles. The Kier molecular flexibility index (Phi) is 2.71. The van der Waals surface area contributed by atoms with Crippen LogP contribution in [0, 0.1) is 0 Å². The molecule has 90 valence electrons. The number of phenols is 1. The number of phenolic OH excluding ortho intramolecular Hbond substituents is 1. The first kappa shape index (κ1) is 11.7. The molecule has 17 heavy (non-hydrogen) atoms. The minimum atomic E-state index is -3.56. The van der Waals surface area contributed by atoms with E-state index >= 15 is 0 Å². The van der Waals surface area contributed by atoms with Gasteiger partial charge in [0.05, 0.1) is 0 Å². The zero-order valence-electron chi connectivity index (χ0n) is 9.13. The van der Waals surface area contributed by atoms with Crippen LogP contribution < -0.4 is 5.32 Å². The maximum atomic E-state index is 13.7. The average molecular weight is 239 g/mol. The van der Waals surface area contributed by atoms with E-state index in [4.69, 9.17) is 0 Å². The number of allylic oxidation sites excluding steroid dienone is 1. The van der Waals surface area contributed by atoms with Crippen molar-refractivity contribution in [1.82, 2.24) is 5.32 Å². The summed E-state index contributed by atoms with van der Waals surface area (Å²) in [6, 6.07) is 2.35. The molecule has 0 bridgehead atoms. The Morgan fingerprint density at radius 2 is 2.06 bits per heavy atom. The van der Waals surface area contributed by atoms with Gasteiger partial charge in [0.15, 0.2) is 0 Å². The van der Waals surface area contributed by atoms with Crippen LogP contribution in [0.25, 0.3) is 6.08 Å². The molecule has 0 saturated carbocycles. The van der Waals surface area contributed by atoms with E-state index in [9.17, 15) is 18.7 Å². The second kappa shape index (κ2) is 3.92. The molecule has 0 aliphatic heterocycles. The Bertz CT molecular complexity index is 509. The van der Waals surface area contributed by atoms with E-state index in [1.165, 1.54) is 12.1 Å². The number of alkyl halides is 2. The molecular formula is C12H11F2NO2. The second-order valence-electron chi connectivity index (χ2n) is 3.87. The van der Waals surface area contributed by atoms with Crippen molar-refractivity contribution < 1.29 is 18.7 Å². The van der Waals surface area contributed by atoms with Crippen LogP contribution in [-0.2, 0) is 17.3 Å². The third-order valence-electron chi connectivity index (χ3n) is 2.67. The quantitative estimate of drug-likeness (QED) is 0.827. The predicted octanol–water partition coefficient (Wildman–Crippen LogP) is 1.80. The van der Waals surface area contributed by atoms with Gasteiger partial charge in [0, 0.05) is 12.1 Å². The molecular weight excluding hydrogens is 228 g/mol. The van der Waals surface area contributed by atoms with E-state index in [1.807, 2.05) is 0 Å². The van der Waals surface area contributed by atoms with Crippen LogP contribution >= 0.6 is 0 Å². The first-order valence-corrected chi connectivity index (χ1v) is 5.08. The Morgan fingerprint density at radius 1 is 1.35 bits per heavy atom. The summed E-state index contributed by atoms with van der Waals surface area (Å²) in [4.78, 5) is 11.1. The minimum absolute atomic E-state index is 0.267. The summed E-state index contributed by atoms with van der Waals surface area (Å²) in [7, 11) is 1.67. The van der Waals surface area contributed by atoms with Gasteiger partial charge in [-0.3, -0.25) is 4.79 Å². The highest BCUT2D eigenvalue weighted by molar-refractivity contribution is 6.03. The molecule has 1 aromatic rings. The molecule has 2 N–H and O–H groups in total. The van der Waals surface area contributed by atoms with Crippen LogP contribution in [0.1, 0.15) is 16.7 Å². The molecule has 0 heterocycles. The monoisotopic (exact) mass is 239 g/mol. The van der Waals surface area contributed by atoms with Crippen molar-refractivity contribution in [3.63, 3.8) is 0 Å². The largest absolute Gasteiger partial charge is 0.508 e. The molecule has 1 aliphatic carbocycles. The van der Waals surface area contributed by atoms with Gasteiger partial charge in [-0.1, -0.05) is 6.08 Å². The third kappa shape index (κ3) is 1.82. The molecule has 0 unspecified atom stereocenters. The second-order valence-corrected chi connectivity index (χ2v) is 3.87. The van der Waals surface area contributed by atoms with Crippen molar-refractivity contribution in [2.45, 2.75) is 12.5 Å². The maximum absolute atomic E-state index is 13.7. The van der Waals surface area contributed by atoms with Crippen molar-refractivity contribution >= 4 is 11.9 Å². The normalized spacial score (nSPS) is 17.0. The zero-order valence-corrected chi connectivity index (χ0v) is 9.13. The number of fused-ring (bicyclic) bond motifs is 1. The van der Waals surface area contributed by atoms with Gasteiger partial charge in [-0.05, 0) is 36.4 Å². The van der Waals surface area contributed by atoms with Crippen LogP contribution in [-0.4, -0.2) is 17.9 Å². The molecule has 3 nitrogen and oxygen atoms in total.